The predicted octanol–water partition coefficient (Wildman–Crippen LogP) is 2.72. The van der Waals surface area contributed by atoms with Crippen LogP contribution in [0.5, 0.6) is 0 Å². The summed E-state index contributed by atoms with van der Waals surface area (Å²) in [6, 6.07) is 7.37. The number of aryl methyl sites for hydroxylation is 1. The van der Waals surface area contributed by atoms with Gasteiger partial charge >= 0.3 is 0 Å². The van der Waals surface area contributed by atoms with Crippen molar-refractivity contribution in [3.8, 4) is 10.6 Å². The molecule has 2 heterocycles. The maximum absolute atomic E-state index is 12.0. The average Bonchev–Trinajstić information content (AvgIpc) is 3.15. The van der Waals surface area contributed by atoms with Crippen molar-refractivity contribution in [2.24, 2.45) is 7.05 Å². The number of hydrogen-bond donors (Lipinski definition) is 1. The highest BCUT2D eigenvalue weighted by Crippen LogP contribution is 2.31. The summed E-state index contributed by atoms with van der Waals surface area (Å²) in [5.41, 5.74) is 0.792. The first-order valence-electron chi connectivity index (χ1n) is 6.48. The molecular formula is C13H11ClN6OS2. The Morgan fingerprint density at radius 3 is 2.91 bits per heavy atom. The van der Waals surface area contributed by atoms with E-state index in [1.54, 1.807) is 17.0 Å². The first-order chi connectivity index (χ1) is 11.1. The maximum Gasteiger partial charge on any atom is 0.236 e. The Kier molecular flexibility index (Phi) is 4.89. The van der Waals surface area contributed by atoms with Gasteiger partial charge in [-0.15, -0.1) is 20.4 Å². The van der Waals surface area contributed by atoms with Crippen molar-refractivity contribution < 1.29 is 4.79 Å². The normalized spacial score (nSPS) is 10.7. The summed E-state index contributed by atoms with van der Waals surface area (Å²) in [5, 5.41) is 20.8. The molecule has 10 heteroatoms. The second-order valence-corrected chi connectivity index (χ2v) is 6.78. The van der Waals surface area contributed by atoms with E-state index in [1.165, 1.54) is 23.1 Å². The molecule has 0 fully saturated rings. The lowest BCUT2D eigenvalue weighted by molar-refractivity contribution is -0.113. The zero-order valence-electron chi connectivity index (χ0n) is 11.9. The van der Waals surface area contributed by atoms with Crippen molar-refractivity contribution in [2.45, 2.75) is 5.16 Å². The van der Waals surface area contributed by atoms with Crippen molar-refractivity contribution in [3.05, 3.63) is 35.6 Å². The van der Waals surface area contributed by atoms with Crippen molar-refractivity contribution in [1.29, 1.82) is 0 Å². The summed E-state index contributed by atoms with van der Waals surface area (Å²) in [6.45, 7) is 0. The Balaban J connectivity index is 1.62. The molecule has 2 aromatic heterocycles. The Labute approximate surface area is 145 Å². The monoisotopic (exact) mass is 366 g/mol. The van der Waals surface area contributed by atoms with Crippen LogP contribution >= 0.6 is 34.7 Å². The summed E-state index contributed by atoms with van der Waals surface area (Å²) in [4.78, 5) is 12.0. The number of thioether (sulfide) groups is 1. The first-order valence-corrected chi connectivity index (χ1v) is 8.66. The highest BCUT2D eigenvalue weighted by molar-refractivity contribution is 7.99. The second kappa shape index (κ2) is 7.07. The third-order valence-corrected chi connectivity index (χ3v) is 5.01. The highest BCUT2D eigenvalue weighted by Gasteiger charge is 2.12. The number of nitrogens with one attached hydrogen (secondary N) is 1. The second-order valence-electron chi connectivity index (χ2n) is 4.45. The van der Waals surface area contributed by atoms with Crippen LogP contribution in [0.3, 0.4) is 0 Å². The van der Waals surface area contributed by atoms with E-state index in [0.717, 1.165) is 5.56 Å². The van der Waals surface area contributed by atoms with Gasteiger partial charge in [0.2, 0.25) is 11.0 Å². The molecule has 1 amide bonds. The van der Waals surface area contributed by atoms with E-state index in [-0.39, 0.29) is 11.7 Å². The van der Waals surface area contributed by atoms with Crippen LogP contribution < -0.4 is 5.32 Å². The number of amides is 1. The molecule has 0 aliphatic carbocycles. The number of halogens is 1. The van der Waals surface area contributed by atoms with E-state index < -0.39 is 0 Å². The maximum atomic E-state index is 12.0. The minimum atomic E-state index is -0.181. The van der Waals surface area contributed by atoms with Gasteiger partial charge in [-0.25, -0.2) is 0 Å². The SMILES string of the molecule is Cn1cnnc1SCC(=O)Nc1nnc(-c2ccccc2Cl)s1. The van der Waals surface area contributed by atoms with Gasteiger partial charge in [0.1, 0.15) is 6.33 Å². The molecule has 1 aromatic carbocycles. The Morgan fingerprint density at radius 2 is 2.17 bits per heavy atom. The number of hydrogen-bond acceptors (Lipinski definition) is 7. The first kappa shape index (κ1) is 15.9. The van der Waals surface area contributed by atoms with E-state index in [1.807, 2.05) is 25.2 Å². The van der Waals surface area contributed by atoms with E-state index in [9.17, 15) is 4.79 Å². The van der Waals surface area contributed by atoms with Crippen LogP contribution in [0, 0.1) is 0 Å². The molecule has 7 nitrogen and oxygen atoms in total. The summed E-state index contributed by atoms with van der Waals surface area (Å²) in [7, 11) is 1.82. The standard InChI is InChI=1S/C13H11ClN6OS2/c1-20-7-15-19-13(20)22-6-10(21)16-12-18-17-11(23-12)8-4-2-3-5-9(8)14/h2-5,7H,6H2,1H3,(H,16,18,21). The van der Waals surface area contributed by atoms with Gasteiger partial charge in [-0.3, -0.25) is 10.1 Å². The quantitative estimate of drug-likeness (QED) is 0.699. The van der Waals surface area contributed by atoms with E-state index in [2.05, 4.69) is 25.7 Å². The zero-order chi connectivity index (χ0) is 16.2. The highest BCUT2D eigenvalue weighted by atomic mass is 35.5. The van der Waals surface area contributed by atoms with Crippen LogP contribution in [0.4, 0.5) is 5.13 Å². The molecule has 23 heavy (non-hydrogen) atoms. The molecule has 0 atom stereocenters. The fourth-order valence-corrected chi connectivity index (χ4v) is 3.47. The third-order valence-electron chi connectivity index (χ3n) is 2.78. The van der Waals surface area contributed by atoms with Gasteiger partial charge in [-0.05, 0) is 6.07 Å². The minimum Gasteiger partial charge on any atom is -0.312 e. The number of anilines is 1. The molecular weight excluding hydrogens is 356 g/mol. The largest absolute Gasteiger partial charge is 0.312 e. The van der Waals surface area contributed by atoms with Crippen LogP contribution in [0.2, 0.25) is 5.02 Å². The van der Waals surface area contributed by atoms with Crippen LogP contribution in [0.25, 0.3) is 10.6 Å². The summed E-state index contributed by atoms with van der Waals surface area (Å²) >= 11 is 8.70. The third kappa shape index (κ3) is 3.87. The van der Waals surface area contributed by atoms with Crippen LogP contribution in [-0.2, 0) is 11.8 Å². The van der Waals surface area contributed by atoms with Crippen molar-refractivity contribution in [3.63, 3.8) is 0 Å². The summed E-state index contributed by atoms with van der Waals surface area (Å²) < 4.78 is 1.75. The molecule has 0 bridgehead atoms. The minimum absolute atomic E-state index is 0.181. The molecule has 0 saturated heterocycles. The van der Waals surface area contributed by atoms with Crippen LogP contribution in [0.1, 0.15) is 0 Å². The van der Waals surface area contributed by atoms with Crippen LogP contribution in [-0.4, -0.2) is 36.6 Å². The van der Waals surface area contributed by atoms with Gasteiger partial charge in [-0.1, -0.05) is 52.9 Å². The van der Waals surface area contributed by atoms with Crippen molar-refractivity contribution in [1.82, 2.24) is 25.0 Å². The van der Waals surface area contributed by atoms with Gasteiger partial charge in [0.05, 0.1) is 10.8 Å². The molecule has 1 N–H and O–H groups in total. The molecule has 0 radical (unpaired) electrons. The van der Waals surface area contributed by atoms with Gasteiger partial charge in [0.25, 0.3) is 0 Å². The molecule has 0 aliphatic heterocycles. The molecule has 0 spiro atoms. The van der Waals surface area contributed by atoms with Gasteiger partial charge in [0.15, 0.2) is 10.2 Å². The number of rotatable bonds is 5. The lowest BCUT2D eigenvalue weighted by Crippen LogP contribution is -2.14. The van der Waals surface area contributed by atoms with Crippen molar-refractivity contribution in [2.75, 3.05) is 11.1 Å². The molecule has 0 unspecified atom stereocenters. The lowest BCUT2D eigenvalue weighted by Gasteiger charge is -2.00. The zero-order valence-corrected chi connectivity index (χ0v) is 14.3. The molecule has 3 aromatic rings. The summed E-state index contributed by atoms with van der Waals surface area (Å²) in [6.07, 6.45) is 1.58. The Morgan fingerprint density at radius 1 is 1.35 bits per heavy atom. The van der Waals surface area contributed by atoms with Gasteiger partial charge < -0.3 is 4.57 Å². The molecule has 0 aliphatic rings. The molecule has 118 valence electrons. The van der Waals surface area contributed by atoms with Crippen LogP contribution in [0.15, 0.2) is 35.7 Å². The van der Waals surface area contributed by atoms with Gasteiger partial charge in [-0.2, -0.15) is 0 Å². The molecule has 3 rings (SSSR count). The number of aromatic nitrogens is 5. The smallest absolute Gasteiger partial charge is 0.236 e. The Hall–Kier alpha value is -1.97. The number of benzene rings is 1. The number of carbonyl (C=O) groups is 1. The van der Waals surface area contributed by atoms with E-state index in [0.29, 0.717) is 20.3 Å². The van der Waals surface area contributed by atoms with Gasteiger partial charge in [0, 0.05) is 12.6 Å². The topological polar surface area (TPSA) is 85.6 Å². The van der Waals surface area contributed by atoms with E-state index >= 15 is 0 Å². The number of carbonyl (C=O) groups excluding carboxylic acids is 1. The fraction of sp³-hybridized carbons (Fsp3) is 0.154. The molecule has 0 saturated carbocycles. The fourth-order valence-electron chi connectivity index (χ4n) is 1.71. The number of nitrogens with zero attached hydrogens (tertiary/aromatic N) is 5. The van der Waals surface area contributed by atoms with Crippen molar-refractivity contribution >= 4 is 45.7 Å². The summed E-state index contributed by atoms with van der Waals surface area (Å²) in [5.74, 6) is 0.0351. The van der Waals surface area contributed by atoms with E-state index in [4.69, 9.17) is 11.6 Å². The Bertz CT molecular complexity index is 833. The lowest BCUT2D eigenvalue weighted by atomic mass is 10.2. The predicted molar refractivity (Wildman–Crippen MR) is 90.7 cm³/mol. The average molecular weight is 367 g/mol.